The number of benzene rings is 3. The monoisotopic (exact) mass is 621 g/mol. The van der Waals surface area contributed by atoms with E-state index in [2.05, 4.69) is 5.32 Å². The minimum absolute atomic E-state index is 0.0516. The Morgan fingerprint density at radius 3 is 1.73 bits per heavy atom. The van der Waals surface area contributed by atoms with Crippen LogP contribution in [0.15, 0.2) is 66.7 Å². The van der Waals surface area contributed by atoms with Gasteiger partial charge >= 0.3 is 18.3 Å². The van der Waals surface area contributed by atoms with Crippen molar-refractivity contribution in [2.24, 2.45) is 0 Å². The van der Waals surface area contributed by atoms with Gasteiger partial charge in [-0.05, 0) is 53.8 Å². The van der Waals surface area contributed by atoms with Gasteiger partial charge in [-0.1, -0.05) is 50.2 Å². The molecular formula is C32H29F6NO5. The first-order valence-electron chi connectivity index (χ1n) is 13.6. The van der Waals surface area contributed by atoms with E-state index in [4.69, 9.17) is 5.11 Å². The van der Waals surface area contributed by atoms with Crippen molar-refractivity contribution < 1.29 is 50.6 Å². The summed E-state index contributed by atoms with van der Waals surface area (Å²) in [6.07, 6.45) is -10.4. The van der Waals surface area contributed by atoms with E-state index in [0.717, 1.165) is 12.0 Å². The predicted octanol–water partition coefficient (Wildman–Crippen LogP) is 7.68. The minimum Gasteiger partial charge on any atom is -0.481 e. The number of Topliss-reactive ketones (excluding diaryl/α,β-unsaturated/α-hetero) is 2. The molecule has 0 heterocycles. The zero-order chi connectivity index (χ0) is 32.8. The Bertz CT molecular complexity index is 1480. The highest BCUT2D eigenvalue weighted by atomic mass is 19.4. The molecule has 0 aliphatic rings. The van der Waals surface area contributed by atoms with Crippen LogP contribution >= 0.6 is 0 Å². The molecule has 234 valence electrons. The molecule has 0 aromatic heterocycles. The van der Waals surface area contributed by atoms with Gasteiger partial charge in [0.1, 0.15) is 0 Å². The van der Waals surface area contributed by atoms with Crippen molar-refractivity contribution in [1.82, 2.24) is 5.32 Å². The van der Waals surface area contributed by atoms with Crippen LogP contribution in [-0.2, 0) is 17.1 Å². The fourth-order valence-electron chi connectivity index (χ4n) is 4.45. The molecule has 0 radical (unpaired) electrons. The normalized spacial score (nSPS) is 13.2. The number of carboxylic acid groups (broad SMARTS) is 1. The summed E-state index contributed by atoms with van der Waals surface area (Å²) >= 11 is 0. The fourth-order valence-corrected chi connectivity index (χ4v) is 4.45. The summed E-state index contributed by atoms with van der Waals surface area (Å²) in [5, 5.41) is 11.1. The van der Waals surface area contributed by atoms with Crippen LogP contribution in [-0.4, -0.2) is 35.1 Å². The van der Waals surface area contributed by atoms with Crippen molar-refractivity contribution in [2.45, 2.75) is 57.3 Å². The van der Waals surface area contributed by atoms with E-state index in [9.17, 15) is 45.5 Å². The maximum absolute atomic E-state index is 13.7. The summed E-state index contributed by atoms with van der Waals surface area (Å²) in [5.41, 5.74) is -2.94. The van der Waals surface area contributed by atoms with Gasteiger partial charge in [0.15, 0.2) is 11.6 Å². The number of carboxylic acids is 1. The smallest absolute Gasteiger partial charge is 0.416 e. The Balaban J connectivity index is 2.03. The third-order valence-electron chi connectivity index (χ3n) is 7.19. The molecule has 2 atom stereocenters. The number of nitrogens with one attached hydrogen (secondary N) is 1. The van der Waals surface area contributed by atoms with E-state index in [1.54, 1.807) is 24.3 Å². The minimum atomic E-state index is -5.19. The number of ketones is 2. The number of hydrogen-bond acceptors (Lipinski definition) is 4. The zero-order valence-corrected chi connectivity index (χ0v) is 23.7. The van der Waals surface area contributed by atoms with Gasteiger partial charge < -0.3 is 10.4 Å². The van der Waals surface area contributed by atoms with Gasteiger partial charge in [-0.15, -0.1) is 0 Å². The number of carbonyl (C=O) groups excluding carboxylic acids is 3. The summed E-state index contributed by atoms with van der Waals surface area (Å²) in [4.78, 5) is 50.0. The third-order valence-corrected chi connectivity index (χ3v) is 7.19. The largest absolute Gasteiger partial charge is 0.481 e. The van der Waals surface area contributed by atoms with Crippen molar-refractivity contribution in [3.8, 4) is 0 Å². The highest BCUT2D eigenvalue weighted by Gasteiger charge is 2.38. The molecule has 0 saturated heterocycles. The summed E-state index contributed by atoms with van der Waals surface area (Å²) in [6, 6.07) is 12.2. The zero-order valence-electron chi connectivity index (χ0n) is 23.7. The molecule has 2 unspecified atom stereocenters. The van der Waals surface area contributed by atoms with Crippen molar-refractivity contribution in [3.05, 3.63) is 106 Å². The first-order chi connectivity index (χ1) is 20.5. The Kier molecular flexibility index (Phi) is 10.7. The lowest BCUT2D eigenvalue weighted by molar-refractivity contribution is -0.143. The van der Waals surface area contributed by atoms with Gasteiger partial charge in [0.2, 0.25) is 0 Å². The Labute approximate surface area is 249 Å². The van der Waals surface area contributed by atoms with Crippen LogP contribution in [0.4, 0.5) is 26.3 Å². The average Bonchev–Trinajstić information content (AvgIpc) is 2.97. The van der Waals surface area contributed by atoms with Crippen LogP contribution in [0.2, 0.25) is 0 Å². The van der Waals surface area contributed by atoms with Gasteiger partial charge in [0.25, 0.3) is 5.91 Å². The van der Waals surface area contributed by atoms with E-state index in [1.165, 1.54) is 24.3 Å². The van der Waals surface area contributed by atoms with Crippen LogP contribution in [0.5, 0.6) is 0 Å². The number of aliphatic carboxylic acids is 1. The molecule has 12 heteroatoms. The van der Waals surface area contributed by atoms with Crippen molar-refractivity contribution in [1.29, 1.82) is 0 Å². The standard InChI is InChI=1S/C32H29F6NO5/c1-3-18(2)19-4-8-21(9-5-19)27(40)17-26(20-6-10-22(11-7-20)30(44)39-13-12-28(41)42)29(43)23-14-24(31(33,34)35)16-25(15-23)32(36,37)38/h4-11,14-16,18,26H,3,12-13,17H2,1-2H3,(H,39,44)(H,41,42). The van der Waals surface area contributed by atoms with Gasteiger partial charge in [0, 0.05) is 29.7 Å². The molecule has 0 aliphatic carbocycles. The molecule has 2 N–H and O–H groups in total. The highest BCUT2D eigenvalue weighted by molar-refractivity contribution is 6.06. The van der Waals surface area contributed by atoms with E-state index in [1.807, 2.05) is 13.8 Å². The maximum Gasteiger partial charge on any atom is 0.416 e. The Morgan fingerprint density at radius 1 is 0.750 bits per heavy atom. The molecule has 3 aromatic carbocycles. The second-order valence-electron chi connectivity index (χ2n) is 10.3. The number of amides is 1. The number of halogens is 6. The molecule has 0 spiro atoms. The van der Waals surface area contributed by atoms with Gasteiger partial charge in [0.05, 0.1) is 23.5 Å². The van der Waals surface area contributed by atoms with Crippen LogP contribution in [0.1, 0.15) is 98.3 Å². The molecule has 0 bridgehead atoms. The second kappa shape index (κ2) is 13.9. The molecule has 0 fully saturated rings. The topological polar surface area (TPSA) is 101 Å². The van der Waals surface area contributed by atoms with Crippen LogP contribution < -0.4 is 5.32 Å². The highest BCUT2D eigenvalue weighted by Crippen LogP contribution is 2.38. The van der Waals surface area contributed by atoms with E-state index in [0.29, 0.717) is 12.1 Å². The predicted molar refractivity (Wildman–Crippen MR) is 149 cm³/mol. The molecule has 44 heavy (non-hydrogen) atoms. The number of carbonyl (C=O) groups is 4. The average molecular weight is 622 g/mol. The summed E-state index contributed by atoms with van der Waals surface area (Å²) in [6.45, 7) is 3.81. The molecule has 3 rings (SSSR count). The fraction of sp³-hybridized carbons (Fsp3) is 0.312. The first kappa shape index (κ1) is 34.0. The summed E-state index contributed by atoms with van der Waals surface area (Å²) < 4.78 is 81.1. The lowest BCUT2D eigenvalue weighted by Crippen LogP contribution is -2.26. The van der Waals surface area contributed by atoms with Gasteiger partial charge in [-0.25, -0.2) is 0 Å². The number of rotatable bonds is 12. The molecule has 3 aromatic rings. The van der Waals surface area contributed by atoms with Crippen LogP contribution in [0.25, 0.3) is 0 Å². The van der Waals surface area contributed by atoms with Crippen molar-refractivity contribution in [2.75, 3.05) is 6.54 Å². The molecule has 0 saturated carbocycles. The third kappa shape index (κ3) is 8.77. The Hall–Kier alpha value is -4.48. The lowest BCUT2D eigenvalue weighted by atomic mass is 9.84. The van der Waals surface area contributed by atoms with Crippen molar-refractivity contribution in [3.63, 3.8) is 0 Å². The Morgan fingerprint density at radius 2 is 1.25 bits per heavy atom. The molecule has 1 amide bonds. The van der Waals surface area contributed by atoms with E-state index < -0.39 is 64.8 Å². The number of alkyl halides is 6. The van der Waals surface area contributed by atoms with Crippen LogP contribution in [0.3, 0.4) is 0 Å². The first-order valence-corrected chi connectivity index (χ1v) is 13.6. The molecule has 6 nitrogen and oxygen atoms in total. The van der Waals surface area contributed by atoms with E-state index in [-0.39, 0.29) is 41.6 Å². The van der Waals surface area contributed by atoms with E-state index >= 15 is 0 Å². The van der Waals surface area contributed by atoms with Crippen LogP contribution in [0, 0.1) is 0 Å². The number of hydrogen-bond donors (Lipinski definition) is 2. The maximum atomic E-state index is 13.7. The molecule has 0 aliphatic heterocycles. The van der Waals surface area contributed by atoms with Crippen molar-refractivity contribution >= 4 is 23.4 Å². The molecular weight excluding hydrogens is 592 g/mol. The summed E-state index contributed by atoms with van der Waals surface area (Å²) in [5.74, 6) is -4.79. The van der Waals surface area contributed by atoms with Gasteiger partial charge in [-0.3, -0.25) is 19.2 Å². The quantitative estimate of drug-likeness (QED) is 0.160. The summed E-state index contributed by atoms with van der Waals surface area (Å²) in [7, 11) is 0. The SMILES string of the molecule is CCC(C)c1ccc(C(=O)CC(C(=O)c2cc(C(F)(F)F)cc(C(F)(F)F)c2)c2ccc(C(=O)NCCC(=O)O)cc2)cc1. The van der Waals surface area contributed by atoms with Gasteiger partial charge in [-0.2, -0.15) is 26.3 Å². The lowest BCUT2D eigenvalue weighted by Gasteiger charge is -2.19. The second-order valence-corrected chi connectivity index (χ2v) is 10.3.